The molecule has 2 aliphatic heterocycles. The number of nitriles is 1. The second-order valence-electron chi connectivity index (χ2n) is 7.24. The largest absolute Gasteiger partial charge is 0.346 e. The molecule has 1 N–H and O–H groups in total. The number of quaternary nitrogens is 1. The predicted molar refractivity (Wildman–Crippen MR) is 120 cm³/mol. The van der Waals surface area contributed by atoms with Gasteiger partial charge in [-0.25, -0.2) is 0 Å². The minimum Gasteiger partial charge on any atom is -0.346 e. The van der Waals surface area contributed by atoms with Gasteiger partial charge >= 0.3 is 0 Å². The van der Waals surface area contributed by atoms with E-state index in [-0.39, 0.29) is 17.0 Å². The molecule has 0 bridgehead atoms. The Bertz CT molecular complexity index is 1010. The monoisotopic (exact) mass is 430 g/mol. The van der Waals surface area contributed by atoms with Gasteiger partial charge in [0.1, 0.15) is 21.8 Å². The molecule has 0 atom stereocenters. The fourth-order valence-electron chi connectivity index (χ4n) is 3.61. The molecule has 0 aliphatic carbocycles. The number of thioether (sulfide) groups is 1. The normalized spacial score (nSPS) is 19.2. The third kappa shape index (κ3) is 3.88. The lowest BCUT2D eigenvalue weighted by molar-refractivity contribution is -0.880. The first-order valence-electron chi connectivity index (χ1n) is 9.36. The number of thiocarbonyl (C=S) groups is 1. The number of piperazine rings is 1. The number of amides is 1. The first-order chi connectivity index (χ1) is 13.8. The number of rotatable bonds is 4. The third-order valence-corrected chi connectivity index (χ3v) is 6.72. The van der Waals surface area contributed by atoms with E-state index in [1.54, 1.807) is 26.1 Å². The van der Waals surface area contributed by atoms with Crippen molar-refractivity contribution in [3.63, 3.8) is 0 Å². The maximum Gasteiger partial charge on any atom is 0.270 e. The molecule has 0 unspecified atom stereocenters. The summed E-state index contributed by atoms with van der Waals surface area (Å²) in [5, 5.41) is 9.54. The minimum atomic E-state index is -0.317. The Labute approximate surface area is 179 Å². The lowest BCUT2D eigenvalue weighted by Gasteiger charge is -2.34. The van der Waals surface area contributed by atoms with E-state index < -0.39 is 0 Å². The van der Waals surface area contributed by atoms with E-state index in [1.807, 2.05) is 6.07 Å². The van der Waals surface area contributed by atoms with Gasteiger partial charge < -0.3 is 9.80 Å². The molecule has 29 heavy (non-hydrogen) atoms. The van der Waals surface area contributed by atoms with Crippen LogP contribution in [0.3, 0.4) is 0 Å². The smallest absolute Gasteiger partial charge is 0.270 e. The molecule has 152 valence electrons. The van der Waals surface area contributed by atoms with Crippen molar-refractivity contribution in [3.8, 4) is 6.07 Å². The quantitative estimate of drug-likeness (QED) is 0.421. The molecule has 2 saturated heterocycles. The number of carbonyl (C=O) groups is 1. The van der Waals surface area contributed by atoms with Crippen LogP contribution in [0.25, 0.3) is 6.08 Å². The van der Waals surface area contributed by atoms with E-state index in [0.717, 1.165) is 37.6 Å². The van der Waals surface area contributed by atoms with Gasteiger partial charge in [-0.1, -0.05) is 30.1 Å². The Morgan fingerprint density at radius 2 is 2.00 bits per heavy atom. The Morgan fingerprint density at radius 3 is 2.59 bits per heavy atom. The number of likely N-dealkylation sites (N-methyl/N-ethyl adjacent to an activating group) is 1. The van der Waals surface area contributed by atoms with Gasteiger partial charge in [-0.3, -0.25) is 19.1 Å². The highest BCUT2D eigenvalue weighted by atomic mass is 32.2. The fourth-order valence-corrected chi connectivity index (χ4v) is 4.87. The molecule has 0 saturated carbocycles. The number of anilines is 1. The molecule has 1 aromatic heterocycles. The number of pyridine rings is 1. The summed E-state index contributed by atoms with van der Waals surface area (Å²) in [5.74, 6) is 0.563. The van der Waals surface area contributed by atoms with Gasteiger partial charge in [0.05, 0.1) is 38.1 Å². The minimum absolute atomic E-state index is 0.101. The molecule has 2 aliphatic rings. The van der Waals surface area contributed by atoms with Crippen molar-refractivity contribution in [1.29, 1.82) is 5.26 Å². The van der Waals surface area contributed by atoms with Crippen LogP contribution < -0.4 is 15.4 Å². The molecule has 3 heterocycles. The van der Waals surface area contributed by atoms with Crippen molar-refractivity contribution in [1.82, 2.24) is 9.47 Å². The Balaban J connectivity index is 2.17. The maximum atomic E-state index is 12.8. The number of nitrogens with zero attached hydrogens (tertiary/aromatic N) is 4. The van der Waals surface area contributed by atoms with E-state index in [9.17, 15) is 14.9 Å². The van der Waals surface area contributed by atoms with Crippen molar-refractivity contribution < 1.29 is 9.69 Å². The summed E-state index contributed by atoms with van der Waals surface area (Å²) >= 11 is 6.57. The zero-order chi connectivity index (χ0) is 21.3. The van der Waals surface area contributed by atoms with Gasteiger partial charge in [0.2, 0.25) is 0 Å². The second-order valence-corrected chi connectivity index (χ2v) is 8.91. The van der Waals surface area contributed by atoms with E-state index in [2.05, 4.69) is 18.5 Å². The predicted octanol–water partition coefficient (Wildman–Crippen LogP) is 0.287. The first kappa shape index (κ1) is 21.3. The standard InChI is InChI=1S/C20H23N5O2S2/c1-5-6-25-19(27)16(29-20(25)28)11-14-13(2)15(12-21)18(26)23(4)17(14)24-9-7-22(3)8-10-24/h5,11H,1,6-10H2,2-4H3/p+1/b16-11-. The molecule has 0 radical (unpaired) electrons. The molecule has 7 nitrogen and oxygen atoms in total. The van der Waals surface area contributed by atoms with Crippen molar-refractivity contribution >= 4 is 46.1 Å². The van der Waals surface area contributed by atoms with E-state index in [1.165, 1.54) is 26.1 Å². The number of nitrogens with one attached hydrogen (secondary N) is 1. The number of carbonyl (C=O) groups excluding carboxylic acids is 1. The zero-order valence-electron chi connectivity index (χ0n) is 16.8. The van der Waals surface area contributed by atoms with Gasteiger partial charge in [0.15, 0.2) is 0 Å². The molecule has 9 heteroatoms. The lowest BCUT2D eigenvalue weighted by Crippen LogP contribution is -3.12. The van der Waals surface area contributed by atoms with Crippen LogP contribution in [0.2, 0.25) is 0 Å². The van der Waals surface area contributed by atoms with Crippen molar-refractivity contribution in [2.45, 2.75) is 6.92 Å². The Morgan fingerprint density at radius 1 is 1.34 bits per heavy atom. The van der Waals surface area contributed by atoms with E-state index in [0.29, 0.717) is 21.3 Å². The molecule has 2 fully saturated rings. The number of hydrogen-bond acceptors (Lipinski definition) is 6. The lowest BCUT2D eigenvalue weighted by atomic mass is 10.0. The van der Waals surface area contributed by atoms with Crippen LogP contribution in [0.5, 0.6) is 0 Å². The second kappa shape index (κ2) is 8.53. The Hall–Kier alpha value is -2.41. The Kier molecular flexibility index (Phi) is 6.27. The zero-order valence-corrected chi connectivity index (χ0v) is 18.5. The average molecular weight is 431 g/mol. The number of hydrogen-bond donors (Lipinski definition) is 1. The molecular formula is C20H24N5O2S2+. The fraction of sp³-hybridized carbons (Fsp3) is 0.400. The van der Waals surface area contributed by atoms with Crippen molar-refractivity contribution in [2.75, 3.05) is 44.7 Å². The van der Waals surface area contributed by atoms with Gasteiger partial charge in [-0.05, 0) is 18.6 Å². The molecule has 3 rings (SSSR count). The molecule has 0 aromatic carbocycles. The van der Waals surface area contributed by atoms with E-state index >= 15 is 0 Å². The van der Waals surface area contributed by atoms with Crippen LogP contribution in [-0.4, -0.2) is 59.5 Å². The summed E-state index contributed by atoms with van der Waals surface area (Å²) in [4.78, 5) is 31.2. The van der Waals surface area contributed by atoms with E-state index in [4.69, 9.17) is 12.2 Å². The van der Waals surface area contributed by atoms with Crippen LogP contribution in [0.15, 0.2) is 22.4 Å². The summed E-state index contributed by atoms with van der Waals surface area (Å²) < 4.78 is 2.01. The summed E-state index contributed by atoms with van der Waals surface area (Å²) in [6.07, 6.45) is 3.41. The van der Waals surface area contributed by atoms with Gasteiger partial charge in [0.25, 0.3) is 11.5 Å². The molecular weight excluding hydrogens is 406 g/mol. The van der Waals surface area contributed by atoms with Crippen LogP contribution in [-0.2, 0) is 11.8 Å². The van der Waals surface area contributed by atoms with Crippen LogP contribution >= 0.6 is 24.0 Å². The highest BCUT2D eigenvalue weighted by Crippen LogP contribution is 2.35. The first-order valence-corrected chi connectivity index (χ1v) is 10.6. The molecule has 1 aromatic rings. The van der Waals surface area contributed by atoms with Gasteiger partial charge in [-0.2, -0.15) is 5.26 Å². The molecule has 1 amide bonds. The summed E-state index contributed by atoms with van der Waals surface area (Å²) in [6, 6.07) is 2.03. The molecule has 0 spiro atoms. The third-order valence-electron chi connectivity index (χ3n) is 5.35. The van der Waals surface area contributed by atoms with Crippen molar-refractivity contribution in [2.24, 2.45) is 7.05 Å². The van der Waals surface area contributed by atoms with Crippen LogP contribution in [0.4, 0.5) is 5.82 Å². The topological polar surface area (TPSA) is 73.8 Å². The maximum absolute atomic E-state index is 12.8. The summed E-state index contributed by atoms with van der Waals surface area (Å²) in [5.41, 5.74) is 1.10. The van der Waals surface area contributed by atoms with Gasteiger partial charge in [0, 0.05) is 19.2 Å². The highest BCUT2D eigenvalue weighted by Gasteiger charge is 2.32. The number of aromatic nitrogens is 1. The van der Waals surface area contributed by atoms with Crippen LogP contribution in [0.1, 0.15) is 16.7 Å². The van der Waals surface area contributed by atoms with Crippen LogP contribution in [0, 0.1) is 18.3 Å². The van der Waals surface area contributed by atoms with Crippen molar-refractivity contribution in [3.05, 3.63) is 44.6 Å². The SMILES string of the molecule is C=CCN1C(=O)/C(=C/c2c(C)c(C#N)c(=O)n(C)c2N2CC[NH+](C)CC2)SC1=S. The summed E-state index contributed by atoms with van der Waals surface area (Å²) in [6.45, 7) is 9.29. The van der Waals surface area contributed by atoms with Gasteiger partial charge in [-0.15, -0.1) is 6.58 Å². The highest BCUT2D eigenvalue weighted by molar-refractivity contribution is 8.26. The average Bonchev–Trinajstić information content (AvgIpc) is 2.95. The summed E-state index contributed by atoms with van der Waals surface area (Å²) in [7, 11) is 3.83.